The summed E-state index contributed by atoms with van der Waals surface area (Å²) in [5, 5.41) is 5.22. The van der Waals surface area contributed by atoms with Crippen molar-refractivity contribution in [1.82, 2.24) is 9.97 Å². The third-order valence-corrected chi connectivity index (χ3v) is 2.99. The summed E-state index contributed by atoms with van der Waals surface area (Å²) in [4.78, 5) is 31.5. The second-order valence-electron chi connectivity index (χ2n) is 4.85. The van der Waals surface area contributed by atoms with Gasteiger partial charge in [-0.2, -0.15) is 0 Å². The van der Waals surface area contributed by atoms with E-state index in [0.29, 0.717) is 5.95 Å². The number of ether oxygens (including phenoxy) is 1. The molecule has 1 heterocycles. The third kappa shape index (κ3) is 5.31. The van der Waals surface area contributed by atoms with E-state index in [9.17, 15) is 14.0 Å². The lowest BCUT2D eigenvalue weighted by Gasteiger charge is -2.14. The first kappa shape index (κ1) is 17.3. The van der Waals surface area contributed by atoms with Gasteiger partial charge in [-0.15, -0.1) is 0 Å². The van der Waals surface area contributed by atoms with Crippen molar-refractivity contribution in [3.63, 3.8) is 0 Å². The van der Waals surface area contributed by atoms with E-state index >= 15 is 0 Å². The van der Waals surface area contributed by atoms with E-state index < -0.39 is 23.8 Å². The molecular formula is C16H17FN4O3. The van der Waals surface area contributed by atoms with Crippen LogP contribution >= 0.6 is 0 Å². The number of esters is 1. The Kier molecular flexibility index (Phi) is 6.18. The van der Waals surface area contributed by atoms with Crippen LogP contribution in [-0.2, 0) is 14.3 Å². The maximum absolute atomic E-state index is 13.5. The van der Waals surface area contributed by atoms with E-state index in [0.717, 1.165) is 0 Å². The van der Waals surface area contributed by atoms with Gasteiger partial charge in [-0.05, 0) is 25.1 Å². The molecule has 0 radical (unpaired) electrons. The zero-order chi connectivity index (χ0) is 17.4. The Morgan fingerprint density at radius 3 is 2.62 bits per heavy atom. The summed E-state index contributed by atoms with van der Waals surface area (Å²) in [6.07, 6.45) is 2.14. The zero-order valence-corrected chi connectivity index (χ0v) is 13.0. The maximum Gasteiger partial charge on any atom is 0.308 e. The second-order valence-corrected chi connectivity index (χ2v) is 4.85. The van der Waals surface area contributed by atoms with Gasteiger partial charge in [0.2, 0.25) is 5.95 Å². The second kappa shape index (κ2) is 8.56. The largest absolute Gasteiger partial charge is 0.452 e. The highest BCUT2D eigenvalue weighted by Gasteiger charge is 2.18. The lowest BCUT2D eigenvalue weighted by molar-refractivity contribution is -0.152. The van der Waals surface area contributed by atoms with Gasteiger partial charge in [-0.3, -0.25) is 9.59 Å². The highest BCUT2D eigenvalue weighted by Crippen LogP contribution is 2.13. The number of benzene rings is 1. The first-order chi connectivity index (χ1) is 11.6. The van der Waals surface area contributed by atoms with E-state index in [1.807, 2.05) is 0 Å². The number of hydrogen-bond acceptors (Lipinski definition) is 6. The van der Waals surface area contributed by atoms with E-state index in [2.05, 4.69) is 20.6 Å². The normalized spacial score (nSPS) is 11.4. The van der Waals surface area contributed by atoms with Gasteiger partial charge < -0.3 is 15.4 Å². The van der Waals surface area contributed by atoms with Gasteiger partial charge in [-0.25, -0.2) is 14.4 Å². The van der Waals surface area contributed by atoms with Crippen LogP contribution in [0.3, 0.4) is 0 Å². The molecule has 1 atom stereocenters. The van der Waals surface area contributed by atoms with Crippen molar-refractivity contribution in [3.8, 4) is 0 Å². The fraction of sp³-hybridized carbons (Fsp3) is 0.250. The number of amides is 1. The van der Waals surface area contributed by atoms with Crippen molar-refractivity contribution in [2.45, 2.75) is 19.4 Å². The Labute approximate surface area is 138 Å². The highest BCUT2D eigenvalue weighted by molar-refractivity contribution is 5.95. The number of aromatic nitrogens is 2. The predicted octanol–water partition coefficient (Wildman–Crippen LogP) is 1.99. The minimum Gasteiger partial charge on any atom is -0.452 e. The summed E-state index contributed by atoms with van der Waals surface area (Å²) in [7, 11) is 0. The number of carbonyl (C=O) groups is 2. The summed E-state index contributed by atoms with van der Waals surface area (Å²) >= 11 is 0. The molecule has 1 unspecified atom stereocenters. The van der Waals surface area contributed by atoms with Crippen molar-refractivity contribution in [2.75, 3.05) is 17.2 Å². The topological polar surface area (TPSA) is 93.2 Å². The molecular weight excluding hydrogens is 315 g/mol. The Hall–Kier alpha value is -3.03. The fourth-order valence-electron chi connectivity index (χ4n) is 1.77. The molecule has 0 spiro atoms. The zero-order valence-electron chi connectivity index (χ0n) is 13.0. The average Bonchev–Trinajstić information content (AvgIpc) is 2.57. The Balaban J connectivity index is 1.74. The summed E-state index contributed by atoms with van der Waals surface area (Å²) in [5.74, 6) is -1.32. The van der Waals surface area contributed by atoms with Crippen LogP contribution in [0, 0.1) is 5.82 Å². The number of nitrogens with one attached hydrogen (secondary N) is 2. The van der Waals surface area contributed by atoms with Crippen LogP contribution in [0.4, 0.5) is 16.0 Å². The molecule has 7 nitrogen and oxygen atoms in total. The van der Waals surface area contributed by atoms with Gasteiger partial charge in [0.05, 0.1) is 12.1 Å². The van der Waals surface area contributed by atoms with Crippen molar-refractivity contribution >= 4 is 23.5 Å². The van der Waals surface area contributed by atoms with Crippen LogP contribution in [0.2, 0.25) is 0 Å². The molecule has 0 saturated carbocycles. The van der Waals surface area contributed by atoms with Gasteiger partial charge in [0.15, 0.2) is 6.10 Å². The van der Waals surface area contributed by atoms with Crippen LogP contribution in [0.1, 0.15) is 13.3 Å². The average molecular weight is 332 g/mol. The Morgan fingerprint density at radius 1 is 1.21 bits per heavy atom. The molecule has 1 aromatic carbocycles. The van der Waals surface area contributed by atoms with Gasteiger partial charge in [0, 0.05) is 18.9 Å². The number of rotatable bonds is 7. The van der Waals surface area contributed by atoms with Crippen molar-refractivity contribution in [2.24, 2.45) is 0 Å². The Bertz CT molecular complexity index is 697. The lowest BCUT2D eigenvalue weighted by Crippen LogP contribution is -2.30. The number of para-hydroxylation sites is 1. The third-order valence-electron chi connectivity index (χ3n) is 2.99. The first-order valence-corrected chi connectivity index (χ1v) is 7.32. The van der Waals surface area contributed by atoms with Gasteiger partial charge in [0.25, 0.3) is 5.91 Å². The molecule has 2 N–H and O–H groups in total. The lowest BCUT2D eigenvalue weighted by atomic mass is 10.3. The molecule has 8 heteroatoms. The number of carbonyl (C=O) groups excluding carboxylic acids is 2. The quantitative estimate of drug-likeness (QED) is 0.753. The molecule has 1 amide bonds. The Morgan fingerprint density at radius 2 is 1.92 bits per heavy atom. The summed E-state index contributed by atoms with van der Waals surface area (Å²) in [6.45, 7) is 1.69. The summed E-state index contributed by atoms with van der Waals surface area (Å²) < 4.78 is 18.5. The smallest absolute Gasteiger partial charge is 0.308 e. The van der Waals surface area contributed by atoms with Gasteiger partial charge >= 0.3 is 5.97 Å². The number of anilines is 2. The van der Waals surface area contributed by atoms with Crippen LogP contribution in [0.25, 0.3) is 0 Å². The van der Waals surface area contributed by atoms with Crippen LogP contribution in [0.5, 0.6) is 0 Å². The molecule has 2 aromatic rings. The fourth-order valence-corrected chi connectivity index (χ4v) is 1.77. The van der Waals surface area contributed by atoms with Crippen LogP contribution in [-0.4, -0.2) is 34.5 Å². The minimum absolute atomic E-state index is 0.0355. The van der Waals surface area contributed by atoms with Crippen molar-refractivity contribution in [3.05, 3.63) is 48.5 Å². The maximum atomic E-state index is 13.5. The summed E-state index contributed by atoms with van der Waals surface area (Å²) in [5.41, 5.74) is 0.0355. The van der Waals surface area contributed by atoms with E-state index in [1.165, 1.54) is 25.1 Å². The van der Waals surface area contributed by atoms with E-state index in [4.69, 9.17) is 4.74 Å². The van der Waals surface area contributed by atoms with Crippen LogP contribution in [0.15, 0.2) is 42.7 Å². The van der Waals surface area contributed by atoms with Gasteiger partial charge in [0.1, 0.15) is 5.82 Å². The molecule has 0 fully saturated rings. The molecule has 0 aliphatic rings. The number of hydrogen-bond donors (Lipinski definition) is 2. The van der Waals surface area contributed by atoms with E-state index in [-0.39, 0.29) is 18.7 Å². The molecule has 0 aliphatic heterocycles. The molecule has 1 aromatic heterocycles. The standard InChI is InChI=1S/C16H17FN4O3/c1-11(15(23)21-13-6-3-2-5-12(13)17)24-14(22)7-10-20-16-18-8-4-9-19-16/h2-6,8-9,11H,7,10H2,1H3,(H,21,23)(H,18,19,20). The highest BCUT2D eigenvalue weighted by atomic mass is 19.1. The van der Waals surface area contributed by atoms with E-state index in [1.54, 1.807) is 24.5 Å². The molecule has 0 aliphatic carbocycles. The van der Waals surface area contributed by atoms with Crippen molar-refractivity contribution < 1.29 is 18.7 Å². The van der Waals surface area contributed by atoms with Crippen LogP contribution < -0.4 is 10.6 Å². The number of halogens is 1. The molecule has 24 heavy (non-hydrogen) atoms. The monoisotopic (exact) mass is 332 g/mol. The molecule has 0 bridgehead atoms. The molecule has 0 saturated heterocycles. The van der Waals surface area contributed by atoms with Crippen molar-refractivity contribution in [1.29, 1.82) is 0 Å². The molecule has 2 rings (SSSR count). The first-order valence-electron chi connectivity index (χ1n) is 7.32. The SMILES string of the molecule is CC(OC(=O)CCNc1ncccn1)C(=O)Nc1ccccc1F. The molecule has 126 valence electrons. The summed E-state index contributed by atoms with van der Waals surface area (Å²) in [6, 6.07) is 7.43. The van der Waals surface area contributed by atoms with Gasteiger partial charge in [-0.1, -0.05) is 12.1 Å². The minimum atomic E-state index is -1.04. The predicted molar refractivity (Wildman–Crippen MR) is 85.7 cm³/mol. The number of nitrogens with zero attached hydrogens (tertiary/aromatic N) is 2.